The van der Waals surface area contributed by atoms with Crippen LogP contribution in [0, 0.1) is 25.2 Å². The summed E-state index contributed by atoms with van der Waals surface area (Å²) in [5.74, 6) is -0.0298. The molecular formula is C25H20Cl2N2O2. The van der Waals surface area contributed by atoms with Crippen LogP contribution in [-0.4, -0.2) is 5.91 Å². The number of halogens is 2. The second-order valence-electron chi connectivity index (χ2n) is 7.00. The summed E-state index contributed by atoms with van der Waals surface area (Å²) in [5.41, 5.74) is 4.44. The van der Waals surface area contributed by atoms with Crippen LogP contribution in [0.1, 0.15) is 22.3 Å². The topological polar surface area (TPSA) is 62.1 Å². The number of amides is 1. The van der Waals surface area contributed by atoms with Gasteiger partial charge < -0.3 is 10.1 Å². The average molecular weight is 451 g/mol. The van der Waals surface area contributed by atoms with Crippen molar-refractivity contribution in [3.05, 3.63) is 98.5 Å². The van der Waals surface area contributed by atoms with Gasteiger partial charge in [-0.3, -0.25) is 4.79 Å². The van der Waals surface area contributed by atoms with Crippen LogP contribution in [0.5, 0.6) is 5.75 Å². The molecule has 0 aliphatic heterocycles. The van der Waals surface area contributed by atoms with Crippen LogP contribution in [0.3, 0.4) is 0 Å². The number of rotatable bonds is 6. The van der Waals surface area contributed by atoms with E-state index in [0.717, 1.165) is 5.56 Å². The number of carbonyl (C=O) groups is 1. The summed E-state index contributed by atoms with van der Waals surface area (Å²) >= 11 is 12.4. The van der Waals surface area contributed by atoms with Crippen LogP contribution >= 0.6 is 23.2 Å². The Hall–Kier alpha value is -3.26. The number of anilines is 1. The first-order valence-electron chi connectivity index (χ1n) is 9.53. The number of hydrogen-bond acceptors (Lipinski definition) is 3. The van der Waals surface area contributed by atoms with Crippen LogP contribution in [-0.2, 0) is 11.4 Å². The second-order valence-corrected chi connectivity index (χ2v) is 7.82. The standard InChI is InChI=1S/C25H20Cl2N2O2/c1-16-7-8-19(11-17(16)2)15-31-24-10-9-18(13-22(24)27)12-20(14-28)25(30)29-23-6-4-3-5-21(23)26/h3-13H,15H2,1-2H3,(H,29,30)/b20-12+. The quantitative estimate of drug-likeness (QED) is 0.334. The smallest absolute Gasteiger partial charge is 0.266 e. The molecule has 0 aromatic heterocycles. The summed E-state index contributed by atoms with van der Waals surface area (Å²) in [7, 11) is 0. The van der Waals surface area contributed by atoms with Gasteiger partial charge in [-0.25, -0.2) is 0 Å². The molecule has 0 spiro atoms. The minimum atomic E-state index is -0.554. The van der Waals surface area contributed by atoms with E-state index in [1.54, 1.807) is 42.5 Å². The van der Waals surface area contributed by atoms with Gasteiger partial charge in [-0.1, -0.05) is 59.6 Å². The van der Waals surface area contributed by atoms with E-state index >= 15 is 0 Å². The molecule has 1 amide bonds. The van der Waals surface area contributed by atoms with Crippen LogP contribution in [0.2, 0.25) is 10.0 Å². The predicted molar refractivity (Wildman–Crippen MR) is 125 cm³/mol. The summed E-state index contributed by atoms with van der Waals surface area (Å²) in [6, 6.07) is 20.0. The maximum absolute atomic E-state index is 12.4. The Kier molecular flexibility index (Phi) is 7.36. The maximum atomic E-state index is 12.4. The summed E-state index contributed by atoms with van der Waals surface area (Å²) in [6.07, 6.45) is 1.46. The zero-order chi connectivity index (χ0) is 22.4. The highest BCUT2D eigenvalue weighted by atomic mass is 35.5. The molecule has 31 heavy (non-hydrogen) atoms. The molecule has 0 aliphatic rings. The molecule has 3 rings (SSSR count). The predicted octanol–water partition coefficient (Wildman–Crippen LogP) is 6.73. The number of carbonyl (C=O) groups excluding carboxylic acids is 1. The average Bonchev–Trinajstić information content (AvgIpc) is 2.75. The van der Waals surface area contributed by atoms with E-state index < -0.39 is 5.91 Å². The van der Waals surface area contributed by atoms with E-state index in [9.17, 15) is 10.1 Å². The second kappa shape index (κ2) is 10.2. The molecule has 0 aliphatic carbocycles. The highest BCUT2D eigenvalue weighted by Gasteiger charge is 2.12. The first-order valence-corrected chi connectivity index (χ1v) is 10.3. The summed E-state index contributed by atoms with van der Waals surface area (Å²) in [4.78, 5) is 12.4. The van der Waals surface area contributed by atoms with Gasteiger partial charge in [0.25, 0.3) is 5.91 Å². The Morgan fingerprint density at radius 2 is 1.81 bits per heavy atom. The fourth-order valence-electron chi connectivity index (χ4n) is 2.85. The zero-order valence-electron chi connectivity index (χ0n) is 17.1. The molecule has 1 N–H and O–H groups in total. The van der Waals surface area contributed by atoms with Gasteiger partial charge in [-0.05, 0) is 66.4 Å². The van der Waals surface area contributed by atoms with E-state index in [4.69, 9.17) is 27.9 Å². The molecule has 156 valence electrons. The van der Waals surface area contributed by atoms with Gasteiger partial charge >= 0.3 is 0 Å². The van der Waals surface area contributed by atoms with Crippen molar-refractivity contribution >= 4 is 40.9 Å². The largest absolute Gasteiger partial charge is 0.487 e. The third-order valence-corrected chi connectivity index (χ3v) is 5.34. The molecule has 0 saturated carbocycles. The van der Waals surface area contributed by atoms with Crippen molar-refractivity contribution in [2.45, 2.75) is 20.5 Å². The van der Waals surface area contributed by atoms with Crippen LogP contribution in [0.4, 0.5) is 5.69 Å². The lowest BCUT2D eigenvalue weighted by Crippen LogP contribution is -2.13. The maximum Gasteiger partial charge on any atom is 0.266 e. The van der Waals surface area contributed by atoms with E-state index in [-0.39, 0.29) is 5.57 Å². The molecule has 0 bridgehead atoms. The van der Waals surface area contributed by atoms with Crippen molar-refractivity contribution in [2.75, 3.05) is 5.32 Å². The van der Waals surface area contributed by atoms with Crippen molar-refractivity contribution in [3.63, 3.8) is 0 Å². The first kappa shape index (κ1) is 22.4. The number of nitriles is 1. The number of para-hydroxylation sites is 1. The molecule has 4 nitrogen and oxygen atoms in total. The summed E-state index contributed by atoms with van der Waals surface area (Å²) < 4.78 is 5.83. The number of nitrogens with zero attached hydrogens (tertiary/aromatic N) is 1. The molecule has 3 aromatic carbocycles. The lowest BCUT2D eigenvalue weighted by Gasteiger charge is -2.10. The number of ether oxygens (including phenoxy) is 1. The highest BCUT2D eigenvalue weighted by molar-refractivity contribution is 6.34. The SMILES string of the molecule is Cc1ccc(COc2ccc(/C=C(\C#N)C(=O)Nc3ccccc3Cl)cc2Cl)cc1C. The zero-order valence-corrected chi connectivity index (χ0v) is 18.6. The highest BCUT2D eigenvalue weighted by Crippen LogP contribution is 2.28. The fraction of sp³-hybridized carbons (Fsp3) is 0.120. The monoisotopic (exact) mass is 450 g/mol. The van der Waals surface area contributed by atoms with E-state index in [1.807, 2.05) is 12.1 Å². The molecule has 0 saturated heterocycles. The lowest BCUT2D eigenvalue weighted by molar-refractivity contribution is -0.112. The molecule has 0 heterocycles. The molecule has 0 unspecified atom stereocenters. The number of benzene rings is 3. The lowest BCUT2D eigenvalue weighted by atomic mass is 10.1. The molecule has 0 atom stereocenters. The van der Waals surface area contributed by atoms with E-state index in [0.29, 0.717) is 33.7 Å². The Balaban J connectivity index is 1.72. The number of hydrogen-bond donors (Lipinski definition) is 1. The van der Waals surface area contributed by atoms with Gasteiger partial charge in [0, 0.05) is 0 Å². The normalized spacial score (nSPS) is 11.0. The Labute approximate surface area is 191 Å². The molecule has 6 heteroatoms. The van der Waals surface area contributed by atoms with Crippen LogP contribution < -0.4 is 10.1 Å². The van der Waals surface area contributed by atoms with E-state index in [1.165, 1.54) is 17.2 Å². The number of nitrogens with one attached hydrogen (secondary N) is 1. The minimum absolute atomic E-state index is 0.0696. The van der Waals surface area contributed by atoms with E-state index in [2.05, 4.69) is 31.3 Å². The van der Waals surface area contributed by atoms with Gasteiger partial charge in [-0.2, -0.15) is 5.26 Å². The number of aryl methyl sites for hydroxylation is 2. The summed E-state index contributed by atoms with van der Waals surface area (Å²) in [6.45, 7) is 4.51. The molecule has 0 fully saturated rings. The molecule has 0 radical (unpaired) electrons. The molecular weight excluding hydrogens is 431 g/mol. The Bertz CT molecular complexity index is 1200. The van der Waals surface area contributed by atoms with Gasteiger partial charge in [0.1, 0.15) is 24.0 Å². The van der Waals surface area contributed by atoms with Gasteiger partial charge in [0.2, 0.25) is 0 Å². The van der Waals surface area contributed by atoms with Crippen LogP contribution in [0.25, 0.3) is 6.08 Å². The minimum Gasteiger partial charge on any atom is -0.487 e. The first-order chi connectivity index (χ1) is 14.9. The molecule has 3 aromatic rings. The van der Waals surface area contributed by atoms with Crippen molar-refractivity contribution in [1.29, 1.82) is 5.26 Å². The van der Waals surface area contributed by atoms with Gasteiger partial charge in [0.15, 0.2) is 0 Å². The van der Waals surface area contributed by atoms with Crippen LogP contribution in [0.15, 0.2) is 66.2 Å². The van der Waals surface area contributed by atoms with Crippen molar-refractivity contribution in [2.24, 2.45) is 0 Å². The Morgan fingerprint density at radius 1 is 1.03 bits per heavy atom. The fourth-order valence-corrected chi connectivity index (χ4v) is 3.27. The van der Waals surface area contributed by atoms with Crippen molar-refractivity contribution in [1.82, 2.24) is 0 Å². The summed E-state index contributed by atoms with van der Waals surface area (Å²) in [5, 5.41) is 12.8. The third-order valence-electron chi connectivity index (χ3n) is 4.72. The Morgan fingerprint density at radius 3 is 2.48 bits per heavy atom. The van der Waals surface area contributed by atoms with Crippen molar-refractivity contribution in [3.8, 4) is 11.8 Å². The third kappa shape index (κ3) is 5.88. The van der Waals surface area contributed by atoms with Crippen molar-refractivity contribution < 1.29 is 9.53 Å². The van der Waals surface area contributed by atoms with Gasteiger partial charge in [0.05, 0.1) is 15.7 Å². The van der Waals surface area contributed by atoms with Gasteiger partial charge in [-0.15, -0.1) is 0 Å².